The normalized spacial score (nSPS) is 12.8. The molecule has 0 aliphatic carbocycles. The molecule has 7 nitrogen and oxygen atoms in total. The average Bonchev–Trinajstić information content (AvgIpc) is 2.71. The van der Waals surface area contributed by atoms with Crippen LogP contribution in [0.15, 0.2) is 48.5 Å². The summed E-state index contributed by atoms with van der Waals surface area (Å²) in [6.07, 6.45) is 0. The third kappa shape index (κ3) is 5.61. The first-order valence-corrected chi connectivity index (χ1v) is 10.7. The van der Waals surface area contributed by atoms with E-state index in [-0.39, 0.29) is 22.4 Å². The number of benzene rings is 2. The number of aromatic nitrogens is 3. The van der Waals surface area contributed by atoms with Crippen LogP contribution in [-0.2, 0) is 4.79 Å². The monoisotopic (exact) mass is 442 g/mol. The number of nitrogens with two attached hydrogens (primary N) is 1. The number of carbonyl (C=O) groups is 1. The topological polar surface area (TPSA) is 106 Å². The molecule has 30 heavy (non-hydrogen) atoms. The number of anilines is 4. The second-order valence-electron chi connectivity index (χ2n) is 6.69. The van der Waals surface area contributed by atoms with E-state index in [1.54, 1.807) is 12.1 Å². The number of thioether (sulfide) groups is 1. The van der Waals surface area contributed by atoms with Gasteiger partial charge in [0.25, 0.3) is 0 Å². The molecule has 4 N–H and O–H groups in total. The molecule has 2 atom stereocenters. The van der Waals surface area contributed by atoms with Crippen molar-refractivity contribution in [1.82, 2.24) is 15.0 Å². The largest absolute Gasteiger partial charge is 0.368 e. The van der Waals surface area contributed by atoms with Gasteiger partial charge < -0.3 is 16.4 Å². The van der Waals surface area contributed by atoms with Crippen molar-refractivity contribution < 1.29 is 4.79 Å². The van der Waals surface area contributed by atoms with Crippen LogP contribution in [0.2, 0.25) is 5.02 Å². The molecule has 0 saturated carbocycles. The summed E-state index contributed by atoms with van der Waals surface area (Å²) < 4.78 is 0. The highest BCUT2D eigenvalue weighted by atomic mass is 35.5. The molecule has 0 bridgehead atoms. The first-order valence-electron chi connectivity index (χ1n) is 9.38. The molecule has 0 aliphatic rings. The molecule has 1 aromatic heterocycles. The van der Waals surface area contributed by atoms with Crippen molar-refractivity contribution in [1.29, 1.82) is 0 Å². The predicted octanol–water partition coefficient (Wildman–Crippen LogP) is 4.98. The second-order valence-corrected chi connectivity index (χ2v) is 8.78. The van der Waals surface area contributed by atoms with E-state index in [2.05, 4.69) is 25.6 Å². The van der Waals surface area contributed by atoms with Gasteiger partial charge in [-0.3, -0.25) is 4.79 Å². The van der Waals surface area contributed by atoms with Crippen LogP contribution in [0.25, 0.3) is 0 Å². The van der Waals surface area contributed by atoms with Crippen LogP contribution in [0.4, 0.5) is 23.3 Å². The average molecular weight is 443 g/mol. The van der Waals surface area contributed by atoms with Gasteiger partial charge in [-0.2, -0.15) is 15.0 Å². The van der Waals surface area contributed by atoms with E-state index in [1.807, 2.05) is 57.2 Å². The zero-order valence-corrected chi connectivity index (χ0v) is 18.5. The van der Waals surface area contributed by atoms with Crippen molar-refractivity contribution in [2.75, 3.05) is 16.4 Å². The lowest BCUT2D eigenvalue weighted by molar-refractivity contribution is -0.115. The van der Waals surface area contributed by atoms with Gasteiger partial charge in [0.2, 0.25) is 17.8 Å². The second kappa shape index (κ2) is 9.77. The van der Waals surface area contributed by atoms with Crippen molar-refractivity contribution in [2.45, 2.75) is 31.3 Å². The molecule has 0 saturated heterocycles. The zero-order chi connectivity index (χ0) is 21.7. The number of amides is 1. The van der Waals surface area contributed by atoms with Crippen molar-refractivity contribution >= 4 is 52.5 Å². The number of para-hydroxylation sites is 1. The van der Waals surface area contributed by atoms with Crippen LogP contribution in [0, 0.1) is 6.92 Å². The van der Waals surface area contributed by atoms with Crippen LogP contribution in [0.1, 0.15) is 30.5 Å². The lowest BCUT2D eigenvalue weighted by Gasteiger charge is -2.18. The van der Waals surface area contributed by atoms with Gasteiger partial charge in [-0.1, -0.05) is 35.9 Å². The predicted molar refractivity (Wildman–Crippen MR) is 124 cm³/mol. The van der Waals surface area contributed by atoms with Crippen molar-refractivity contribution in [3.63, 3.8) is 0 Å². The Morgan fingerprint density at radius 1 is 1.07 bits per heavy atom. The summed E-state index contributed by atoms with van der Waals surface area (Å²) >= 11 is 7.56. The Kier molecular flexibility index (Phi) is 7.12. The third-order valence-electron chi connectivity index (χ3n) is 4.37. The van der Waals surface area contributed by atoms with Gasteiger partial charge in [0.1, 0.15) is 5.82 Å². The lowest BCUT2D eigenvalue weighted by atomic mass is 10.2. The molecule has 0 spiro atoms. The molecule has 156 valence electrons. The number of nitrogens with zero attached hydrogens (tertiary/aromatic N) is 3. The summed E-state index contributed by atoms with van der Waals surface area (Å²) in [4.78, 5) is 25.5. The minimum absolute atomic E-state index is 0.123. The van der Waals surface area contributed by atoms with Crippen LogP contribution < -0.4 is 16.4 Å². The van der Waals surface area contributed by atoms with Gasteiger partial charge in [-0.25, -0.2) is 0 Å². The summed E-state index contributed by atoms with van der Waals surface area (Å²) in [5.74, 6) is 0.867. The highest BCUT2D eigenvalue weighted by Crippen LogP contribution is 2.32. The maximum atomic E-state index is 12.7. The molecule has 0 fully saturated rings. The van der Waals surface area contributed by atoms with Crippen LogP contribution in [-0.4, -0.2) is 26.1 Å². The van der Waals surface area contributed by atoms with Crippen LogP contribution >= 0.6 is 23.4 Å². The summed E-state index contributed by atoms with van der Waals surface area (Å²) in [5.41, 5.74) is 8.25. The minimum Gasteiger partial charge on any atom is -0.368 e. The summed E-state index contributed by atoms with van der Waals surface area (Å²) in [6.45, 7) is 5.64. The Hall–Kier alpha value is -2.84. The Morgan fingerprint density at radius 2 is 1.80 bits per heavy atom. The van der Waals surface area contributed by atoms with Gasteiger partial charge in [0.15, 0.2) is 0 Å². The van der Waals surface area contributed by atoms with E-state index >= 15 is 0 Å². The van der Waals surface area contributed by atoms with Gasteiger partial charge in [0, 0.05) is 16.4 Å². The van der Waals surface area contributed by atoms with E-state index in [1.165, 1.54) is 11.8 Å². The number of nitrogen functional groups attached to an aromatic ring is 1. The molecule has 1 amide bonds. The van der Waals surface area contributed by atoms with Crippen molar-refractivity contribution in [3.8, 4) is 0 Å². The molecule has 1 heterocycles. The van der Waals surface area contributed by atoms with Crippen LogP contribution in [0.3, 0.4) is 0 Å². The van der Waals surface area contributed by atoms with Gasteiger partial charge in [-0.15, -0.1) is 11.8 Å². The van der Waals surface area contributed by atoms with E-state index < -0.39 is 0 Å². The molecular weight excluding hydrogens is 420 g/mol. The molecule has 0 aliphatic heterocycles. The van der Waals surface area contributed by atoms with Gasteiger partial charge in [-0.05, 0) is 50.6 Å². The van der Waals surface area contributed by atoms with E-state index in [0.717, 1.165) is 11.3 Å². The number of carbonyl (C=O) groups excluding carboxylic acids is 1. The third-order valence-corrected chi connectivity index (χ3v) is 6.02. The highest BCUT2D eigenvalue weighted by molar-refractivity contribution is 8.00. The fourth-order valence-electron chi connectivity index (χ4n) is 2.70. The first-order chi connectivity index (χ1) is 14.3. The summed E-state index contributed by atoms with van der Waals surface area (Å²) in [7, 11) is 0. The molecule has 3 aromatic rings. The molecule has 0 radical (unpaired) electrons. The number of halogens is 1. The smallest absolute Gasteiger partial charge is 0.237 e. The number of nitrogens with one attached hydrogen (secondary N) is 2. The summed E-state index contributed by atoms with van der Waals surface area (Å²) in [5, 5.41) is 6.14. The molecule has 0 unspecified atom stereocenters. The fraction of sp³-hybridized carbons (Fsp3) is 0.238. The van der Waals surface area contributed by atoms with Gasteiger partial charge >= 0.3 is 0 Å². The van der Waals surface area contributed by atoms with E-state index in [9.17, 15) is 4.79 Å². The quantitative estimate of drug-likeness (QED) is 0.473. The minimum atomic E-state index is -0.345. The van der Waals surface area contributed by atoms with Gasteiger partial charge in [0.05, 0.1) is 10.5 Å². The zero-order valence-electron chi connectivity index (χ0n) is 16.9. The molecule has 2 aromatic carbocycles. The Labute approximate surface area is 184 Å². The van der Waals surface area contributed by atoms with E-state index in [0.29, 0.717) is 22.5 Å². The number of hydrogen-bond donors (Lipinski definition) is 3. The lowest BCUT2D eigenvalue weighted by Crippen LogP contribution is -2.24. The SMILES string of the molecule is Cc1c(Cl)cccc1NC(=O)[C@@H](C)S[C@H](C)c1nc(N)nc(Nc2ccccc2)n1. The fourth-order valence-corrected chi connectivity index (χ4v) is 3.90. The molecule has 9 heteroatoms. The molecular formula is C21H23ClN6OS. The van der Waals surface area contributed by atoms with Crippen LogP contribution in [0.5, 0.6) is 0 Å². The number of hydrogen-bond acceptors (Lipinski definition) is 7. The maximum Gasteiger partial charge on any atom is 0.237 e. The standard InChI is InChI=1S/C21H23ClN6OS/c1-12-16(22)10-7-11-17(12)25-19(29)14(3)30-13(2)18-26-20(23)28-21(27-18)24-15-8-5-4-6-9-15/h4-11,13-14H,1-3H3,(H,25,29)(H3,23,24,26,27,28)/t13-,14-/m1/s1. The highest BCUT2D eigenvalue weighted by Gasteiger charge is 2.21. The van der Waals surface area contributed by atoms with Crippen molar-refractivity contribution in [2.24, 2.45) is 0 Å². The number of rotatable bonds is 7. The molecule has 3 rings (SSSR count). The summed E-state index contributed by atoms with van der Waals surface area (Å²) in [6, 6.07) is 15.0. The Balaban J connectivity index is 1.68. The Bertz CT molecular complexity index is 1030. The van der Waals surface area contributed by atoms with E-state index in [4.69, 9.17) is 17.3 Å². The van der Waals surface area contributed by atoms with Crippen molar-refractivity contribution in [3.05, 3.63) is 64.9 Å². The Morgan fingerprint density at radius 3 is 2.53 bits per heavy atom. The maximum absolute atomic E-state index is 12.7. The first kappa shape index (κ1) is 21.9.